The minimum absolute atomic E-state index is 0.0654. The van der Waals surface area contributed by atoms with Gasteiger partial charge in [0.2, 0.25) is 6.10 Å². The number of ether oxygens (including phenoxy) is 1. The Kier molecular flexibility index (Phi) is 3.27. The molecule has 0 N–H and O–H groups in total. The van der Waals surface area contributed by atoms with Gasteiger partial charge in [-0.05, 0) is 35.0 Å². The summed E-state index contributed by atoms with van der Waals surface area (Å²) in [5.74, 6) is 0.182. The third-order valence-electron chi connectivity index (χ3n) is 4.08. The second-order valence-corrected chi connectivity index (χ2v) is 5.61. The van der Waals surface area contributed by atoms with Crippen LogP contribution in [0.2, 0.25) is 0 Å². The Balaban J connectivity index is 1.86. The van der Waals surface area contributed by atoms with E-state index >= 15 is 0 Å². The molecule has 24 heavy (non-hydrogen) atoms. The third kappa shape index (κ3) is 2.40. The van der Waals surface area contributed by atoms with Crippen LogP contribution in [0, 0.1) is 15.9 Å². The number of nitro groups is 1. The first kappa shape index (κ1) is 14.4. The summed E-state index contributed by atoms with van der Waals surface area (Å²) in [6.45, 7) is 0. The van der Waals surface area contributed by atoms with E-state index in [0.717, 1.165) is 10.8 Å². The molecule has 0 radical (unpaired) electrons. The highest BCUT2D eigenvalue weighted by atomic mass is 19.1. The highest BCUT2D eigenvalue weighted by Crippen LogP contribution is 2.39. The highest BCUT2D eigenvalue weighted by Gasteiger charge is 2.33. The summed E-state index contributed by atoms with van der Waals surface area (Å²) < 4.78 is 19.0. The molecule has 0 amide bonds. The van der Waals surface area contributed by atoms with Crippen LogP contribution in [0.15, 0.2) is 66.4 Å². The van der Waals surface area contributed by atoms with Gasteiger partial charge in [-0.15, -0.1) is 0 Å². The van der Waals surface area contributed by atoms with Crippen molar-refractivity contribution in [3.63, 3.8) is 0 Å². The summed E-state index contributed by atoms with van der Waals surface area (Å²) in [4.78, 5) is 11.0. The fourth-order valence-corrected chi connectivity index (χ4v) is 2.90. The van der Waals surface area contributed by atoms with E-state index < -0.39 is 16.8 Å². The number of benzene rings is 3. The first-order valence-corrected chi connectivity index (χ1v) is 7.43. The monoisotopic (exact) mass is 321 g/mol. The molecule has 1 atom stereocenters. The van der Waals surface area contributed by atoms with Crippen molar-refractivity contribution in [3.8, 4) is 5.75 Å². The Bertz CT molecular complexity index is 980. The average molecular weight is 321 g/mol. The molecule has 118 valence electrons. The van der Waals surface area contributed by atoms with E-state index in [2.05, 4.69) is 0 Å². The van der Waals surface area contributed by atoms with E-state index in [4.69, 9.17) is 4.74 Å². The van der Waals surface area contributed by atoms with Gasteiger partial charge in [0.05, 0.1) is 4.92 Å². The molecule has 4 nitrogen and oxygen atoms in total. The van der Waals surface area contributed by atoms with Crippen molar-refractivity contribution in [1.82, 2.24) is 0 Å². The first-order valence-electron chi connectivity index (χ1n) is 7.43. The summed E-state index contributed by atoms with van der Waals surface area (Å²) in [6, 6.07) is 17.0. The van der Waals surface area contributed by atoms with E-state index in [-0.39, 0.29) is 5.70 Å². The molecule has 0 spiro atoms. The molecule has 3 aromatic carbocycles. The summed E-state index contributed by atoms with van der Waals surface area (Å²) in [5.41, 5.74) is 1.14. The molecule has 1 heterocycles. The van der Waals surface area contributed by atoms with Crippen molar-refractivity contribution in [3.05, 3.63) is 93.4 Å². The summed E-state index contributed by atoms with van der Waals surface area (Å²) in [6.07, 6.45) is 0.661. The maximum absolute atomic E-state index is 13.1. The first-order chi connectivity index (χ1) is 11.6. The van der Waals surface area contributed by atoms with Crippen LogP contribution in [-0.2, 0) is 0 Å². The average Bonchev–Trinajstić information content (AvgIpc) is 2.59. The number of rotatable bonds is 2. The van der Waals surface area contributed by atoms with Gasteiger partial charge in [0.1, 0.15) is 11.6 Å². The summed E-state index contributed by atoms with van der Waals surface area (Å²) in [7, 11) is 0. The number of nitrogens with zero attached hydrogens (tertiary/aromatic N) is 1. The van der Waals surface area contributed by atoms with Gasteiger partial charge in [-0.3, -0.25) is 10.1 Å². The number of halogens is 1. The summed E-state index contributed by atoms with van der Waals surface area (Å²) >= 11 is 0. The zero-order valence-electron chi connectivity index (χ0n) is 12.5. The van der Waals surface area contributed by atoms with Crippen molar-refractivity contribution < 1.29 is 14.1 Å². The molecular weight excluding hydrogens is 309 g/mol. The predicted octanol–water partition coefficient (Wildman–Crippen LogP) is 4.73. The lowest BCUT2D eigenvalue weighted by molar-refractivity contribution is -0.434. The lowest BCUT2D eigenvalue weighted by atomic mass is 9.98. The Morgan fingerprint density at radius 3 is 2.33 bits per heavy atom. The Morgan fingerprint density at radius 1 is 1.00 bits per heavy atom. The topological polar surface area (TPSA) is 52.4 Å². The van der Waals surface area contributed by atoms with Crippen LogP contribution in [0.25, 0.3) is 16.8 Å². The lowest BCUT2D eigenvalue weighted by Crippen LogP contribution is -2.19. The van der Waals surface area contributed by atoms with Gasteiger partial charge in [-0.25, -0.2) is 4.39 Å². The molecule has 0 bridgehead atoms. The second-order valence-electron chi connectivity index (χ2n) is 5.61. The van der Waals surface area contributed by atoms with E-state index in [1.54, 1.807) is 0 Å². The van der Waals surface area contributed by atoms with Crippen molar-refractivity contribution >= 4 is 16.8 Å². The van der Waals surface area contributed by atoms with Gasteiger partial charge in [0.15, 0.2) is 0 Å². The van der Waals surface area contributed by atoms with Crippen LogP contribution < -0.4 is 4.74 Å². The molecule has 0 saturated carbocycles. The molecule has 0 aliphatic carbocycles. The molecule has 3 aromatic rings. The minimum Gasteiger partial charge on any atom is -0.474 e. The fraction of sp³-hybridized carbons (Fsp3) is 0.0526. The number of hydrogen-bond acceptors (Lipinski definition) is 3. The van der Waals surface area contributed by atoms with Gasteiger partial charge >= 0.3 is 0 Å². The number of hydrogen-bond donors (Lipinski definition) is 0. The maximum Gasteiger partial charge on any atom is 0.291 e. The molecule has 1 aliphatic rings. The van der Waals surface area contributed by atoms with Gasteiger partial charge in [0, 0.05) is 17.2 Å². The Labute approximate surface area is 137 Å². The molecule has 0 fully saturated rings. The standard InChI is InChI=1S/C19H12FNO3/c20-16-7-5-12(6-8-16)19-17(21(22)23)10-15-9-13-3-1-2-4-14(13)11-18(15)24-19/h1-11,19H. The van der Waals surface area contributed by atoms with Crippen molar-refractivity contribution in [2.45, 2.75) is 6.10 Å². The van der Waals surface area contributed by atoms with E-state index in [9.17, 15) is 14.5 Å². The fourth-order valence-electron chi connectivity index (χ4n) is 2.90. The van der Waals surface area contributed by atoms with Crippen molar-refractivity contribution in [2.24, 2.45) is 0 Å². The maximum atomic E-state index is 13.1. The van der Waals surface area contributed by atoms with Crippen LogP contribution in [0.1, 0.15) is 17.2 Å². The number of fused-ring (bicyclic) bond motifs is 2. The molecule has 0 saturated heterocycles. The highest BCUT2D eigenvalue weighted by molar-refractivity contribution is 5.87. The minimum atomic E-state index is -0.866. The molecule has 0 aromatic heterocycles. The third-order valence-corrected chi connectivity index (χ3v) is 4.08. The summed E-state index contributed by atoms with van der Waals surface area (Å²) in [5, 5.41) is 13.4. The lowest BCUT2D eigenvalue weighted by Gasteiger charge is -2.23. The van der Waals surface area contributed by atoms with Crippen LogP contribution in [0.3, 0.4) is 0 Å². The van der Waals surface area contributed by atoms with Crippen LogP contribution >= 0.6 is 0 Å². The SMILES string of the molecule is O=[N+]([O-])C1=Cc2cc3ccccc3cc2OC1c1ccc(F)cc1. The van der Waals surface area contributed by atoms with Gasteiger partial charge in [-0.2, -0.15) is 0 Å². The van der Waals surface area contributed by atoms with E-state index in [0.29, 0.717) is 16.9 Å². The molecule has 4 rings (SSSR count). The predicted molar refractivity (Wildman–Crippen MR) is 88.7 cm³/mol. The van der Waals surface area contributed by atoms with Crippen molar-refractivity contribution in [1.29, 1.82) is 0 Å². The van der Waals surface area contributed by atoms with E-state index in [1.165, 1.54) is 30.3 Å². The second kappa shape index (κ2) is 5.45. The van der Waals surface area contributed by atoms with E-state index in [1.807, 2.05) is 36.4 Å². The largest absolute Gasteiger partial charge is 0.474 e. The van der Waals surface area contributed by atoms with Gasteiger partial charge in [-0.1, -0.05) is 36.4 Å². The normalized spacial score (nSPS) is 16.2. The zero-order valence-corrected chi connectivity index (χ0v) is 12.5. The molecule has 1 aliphatic heterocycles. The van der Waals surface area contributed by atoms with Crippen LogP contribution in [0.5, 0.6) is 5.75 Å². The Morgan fingerprint density at radius 2 is 1.67 bits per heavy atom. The molecule has 5 heteroatoms. The van der Waals surface area contributed by atoms with Crippen LogP contribution in [0.4, 0.5) is 4.39 Å². The van der Waals surface area contributed by atoms with Crippen molar-refractivity contribution in [2.75, 3.05) is 0 Å². The molecule has 1 unspecified atom stereocenters. The Hall–Kier alpha value is -3.21. The molecular formula is C19H12FNO3. The quantitative estimate of drug-likeness (QED) is 0.506. The smallest absolute Gasteiger partial charge is 0.291 e. The van der Waals surface area contributed by atoms with Gasteiger partial charge in [0.25, 0.3) is 5.70 Å². The zero-order chi connectivity index (χ0) is 16.7. The van der Waals surface area contributed by atoms with Crippen LogP contribution in [-0.4, -0.2) is 4.92 Å². The van der Waals surface area contributed by atoms with Gasteiger partial charge < -0.3 is 4.74 Å².